The highest BCUT2D eigenvalue weighted by atomic mass is 19.4. The minimum absolute atomic E-state index is 0.108. The number of carbonyl (C=O) groups excluding carboxylic acids is 3. The summed E-state index contributed by atoms with van der Waals surface area (Å²) < 4.78 is 39.2. The molecule has 6 rings (SSSR count). The van der Waals surface area contributed by atoms with E-state index >= 15 is 0 Å². The summed E-state index contributed by atoms with van der Waals surface area (Å²) >= 11 is 0. The maximum Gasteiger partial charge on any atom is 0.416 e. The predicted octanol–water partition coefficient (Wildman–Crippen LogP) is 5.74. The van der Waals surface area contributed by atoms with E-state index in [9.17, 15) is 27.6 Å². The lowest BCUT2D eigenvalue weighted by molar-refractivity contribution is -0.137. The molecule has 0 saturated heterocycles. The third kappa shape index (κ3) is 6.55. The number of anilines is 1. The first-order chi connectivity index (χ1) is 22.1. The van der Waals surface area contributed by atoms with Gasteiger partial charge in [0.25, 0.3) is 11.8 Å². The molecule has 2 N–H and O–H groups in total. The zero-order valence-electron chi connectivity index (χ0n) is 24.5. The smallest absolute Gasteiger partial charge is 0.351 e. The number of benzene rings is 2. The van der Waals surface area contributed by atoms with Crippen molar-refractivity contribution in [2.75, 3.05) is 11.9 Å². The van der Waals surface area contributed by atoms with Crippen molar-refractivity contribution in [1.82, 2.24) is 25.6 Å². The van der Waals surface area contributed by atoms with Crippen LogP contribution in [-0.4, -0.2) is 45.8 Å². The van der Waals surface area contributed by atoms with Gasteiger partial charge in [-0.3, -0.25) is 29.3 Å². The molecule has 12 heteroatoms. The Kier molecular flexibility index (Phi) is 8.18. The van der Waals surface area contributed by atoms with Gasteiger partial charge < -0.3 is 10.6 Å². The lowest BCUT2D eigenvalue weighted by Gasteiger charge is -2.19. The van der Waals surface area contributed by atoms with Crippen LogP contribution in [0.15, 0.2) is 97.3 Å². The Balaban J connectivity index is 1.21. The largest absolute Gasteiger partial charge is 0.416 e. The van der Waals surface area contributed by atoms with Gasteiger partial charge in [-0.05, 0) is 79.6 Å². The number of alkyl halides is 3. The number of nitrogens with zero attached hydrogens (tertiary/aromatic N) is 4. The Morgan fingerprint density at radius 1 is 0.891 bits per heavy atom. The van der Waals surface area contributed by atoms with Gasteiger partial charge in [0.2, 0.25) is 5.91 Å². The topological polar surface area (TPSA) is 117 Å². The molecule has 232 valence electrons. The molecule has 2 aromatic carbocycles. The molecule has 9 nitrogen and oxygen atoms in total. The number of nitrogens with one attached hydrogen (secondary N) is 2. The summed E-state index contributed by atoms with van der Waals surface area (Å²) in [5.41, 5.74) is 1.22. The van der Waals surface area contributed by atoms with Crippen molar-refractivity contribution in [2.24, 2.45) is 0 Å². The van der Waals surface area contributed by atoms with Gasteiger partial charge in [-0.2, -0.15) is 13.2 Å². The van der Waals surface area contributed by atoms with Crippen LogP contribution in [-0.2, 0) is 11.0 Å². The van der Waals surface area contributed by atoms with Gasteiger partial charge in [-0.1, -0.05) is 18.2 Å². The Labute approximate surface area is 261 Å². The summed E-state index contributed by atoms with van der Waals surface area (Å²) in [4.78, 5) is 54.2. The minimum Gasteiger partial charge on any atom is -0.351 e. The van der Waals surface area contributed by atoms with E-state index in [1.54, 1.807) is 66.9 Å². The van der Waals surface area contributed by atoms with Gasteiger partial charge in [0.1, 0.15) is 5.82 Å². The van der Waals surface area contributed by atoms with Crippen LogP contribution in [0.4, 0.5) is 19.0 Å². The molecule has 1 aliphatic rings. The molecule has 1 fully saturated rings. The van der Waals surface area contributed by atoms with E-state index in [1.165, 1.54) is 30.3 Å². The Hall–Kier alpha value is -5.65. The summed E-state index contributed by atoms with van der Waals surface area (Å²) in [6, 6.07) is 20.1. The molecule has 1 saturated carbocycles. The lowest BCUT2D eigenvalue weighted by atomic mass is 10.0. The van der Waals surface area contributed by atoms with Crippen LogP contribution in [0.3, 0.4) is 0 Å². The number of hydrogen-bond acceptors (Lipinski definition) is 6. The summed E-state index contributed by atoms with van der Waals surface area (Å²) in [6.07, 6.45) is 0.338. The second-order valence-electron chi connectivity index (χ2n) is 10.9. The molecule has 3 amide bonds. The molecule has 0 radical (unpaired) electrons. The van der Waals surface area contributed by atoms with E-state index in [2.05, 4.69) is 25.6 Å². The molecule has 0 aliphatic heterocycles. The van der Waals surface area contributed by atoms with Gasteiger partial charge in [0.05, 0.1) is 28.0 Å². The average Bonchev–Trinajstić information content (AvgIpc) is 3.90. The van der Waals surface area contributed by atoms with Crippen LogP contribution >= 0.6 is 0 Å². The maximum atomic E-state index is 13.6. The Morgan fingerprint density at radius 3 is 2.35 bits per heavy atom. The molecule has 5 aromatic rings. The number of aromatic nitrogens is 3. The number of amides is 3. The van der Waals surface area contributed by atoms with Crippen molar-refractivity contribution in [3.8, 4) is 11.3 Å². The molecule has 3 aromatic heterocycles. The van der Waals surface area contributed by atoms with Crippen molar-refractivity contribution in [3.05, 3.63) is 120 Å². The number of rotatable bonds is 8. The van der Waals surface area contributed by atoms with Crippen LogP contribution in [0.25, 0.3) is 22.2 Å². The summed E-state index contributed by atoms with van der Waals surface area (Å²) in [6.45, 7) is 0. The van der Waals surface area contributed by atoms with E-state index in [1.807, 2.05) is 0 Å². The summed E-state index contributed by atoms with van der Waals surface area (Å²) in [5.74, 6) is -0.948. The second-order valence-corrected chi connectivity index (χ2v) is 10.9. The summed E-state index contributed by atoms with van der Waals surface area (Å²) in [7, 11) is 1.53. The van der Waals surface area contributed by atoms with E-state index in [0.717, 1.165) is 25.0 Å². The average molecular weight is 625 g/mol. The number of halogens is 3. The van der Waals surface area contributed by atoms with Gasteiger partial charge in [-0.15, -0.1) is 0 Å². The highest BCUT2D eigenvalue weighted by Crippen LogP contribution is 2.32. The van der Waals surface area contributed by atoms with Crippen LogP contribution in [0.2, 0.25) is 0 Å². The van der Waals surface area contributed by atoms with E-state index in [-0.39, 0.29) is 23.2 Å². The molecular weight excluding hydrogens is 597 g/mol. The molecular formula is C34H27F3N6O3. The normalized spacial score (nSPS) is 13.6. The van der Waals surface area contributed by atoms with Crippen LogP contribution in [0.5, 0.6) is 0 Å². The monoisotopic (exact) mass is 624 g/mol. The van der Waals surface area contributed by atoms with Gasteiger partial charge in [0.15, 0.2) is 6.04 Å². The van der Waals surface area contributed by atoms with Crippen molar-refractivity contribution in [3.63, 3.8) is 0 Å². The lowest BCUT2D eigenvalue weighted by Crippen LogP contribution is -2.41. The molecule has 0 spiro atoms. The zero-order valence-corrected chi connectivity index (χ0v) is 24.5. The van der Waals surface area contributed by atoms with Crippen molar-refractivity contribution < 1.29 is 27.6 Å². The highest BCUT2D eigenvalue weighted by Gasteiger charge is 2.31. The Bertz CT molecular complexity index is 1930. The fourth-order valence-electron chi connectivity index (χ4n) is 4.90. The molecule has 3 heterocycles. The van der Waals surface area contributed by atoms with E-state index < -0.39 is 29.6 Å². The fourth-order valence-corrected chi connectivity index (χ4v) is 4.90. The summed E-state index contributed by atoms with van der Waals surface area (Å²) in [5, 5.41) is 6.33. The van der Waals surface area contributed by atoms with E-state index in [0.29, 0.717) is 33.5 Å². The van der Waals surface area contributed by atoms with Crippen LogP contribution < -0.4 is 15.5 Å². The highest BCUT2D eigenvalue weighted by molar-refractivity contribution is 6.09. The molecule has 1 atom stereocenters. The first-order valence-electron chi connectivity index (χ1n) is 14.4. The third-order valence-electron chi connectivity index (χ3n) is 7.55. The molecule has 46 heavy (non-hydrogen) atoms. The quantitative estimate of drug-likeness (QED) is 0.228. The predicted molar refractivity (Wildman–Crippen MR) is 165 cm³/mol. The van der Waals surface area contributed by atoms with Crippen molar-refractivity contribution in [2.45, 2.75) is 31.1 Å². The number of hydrogen-bond donors (Lipinski definition) is 2. The Morgan fingerprint density at radius 2 is 1.65 bits per heavy atom. The third-order valence-corrected chi connectivity index (χ3v) is 7.55. The maximum absolute atomic E-state index is 13.6. The first kappa shape index (κ1) is 30.4. The zero-order chi connectivity index (χ0) is 32.4. The molecule has 0 bridgehead atoms. The van der Waals surface area contributed by atoms with Crippen LogP contribution in [0, 0.1) is 0 Å². The van der Waals surface area contributed by atoms with Gasteiger partial charge in [-0.25, -0.2) is 4.98 Å². The molecule has 1 aliphatic carbocycles. The first-order valence-corrected chi connectivity index (χ1v) is 14.4. The number of pyridine rings is 3. The van der Waals surface area contributed by atoms with Crippen LogP contribution in [0.1, 0.15) is 50.9 Å². The molecule has 0 unspecified atom stereocenters. The van der Waals surface area contributed by atoms with Crippen molar-refractivity contribution >= 4 is 34.4 Å². The standard InChI is InChI=1S/C34H27F3N6O3/c1-43(33(46)25-5-4-18-39-29(25)20-7-11-23(12-8-20)34(35,36)37)28-16-10-21-19-22(9-15-26(21)41-28)31(44)42-30(27-6-2-3-17-38-27)32(45)40-24-13-14-24/h2-12,15-19,24,30H,13-14H2,1H3,(H,40,45)(H,42,44)/t30-/m0/s1. The van der Waals surface area contributed by atoms with E-state index in [4.69, 9.17) is 0 Å². The SMILES string of the molecule is CN(C(=O)c1cccnc1-c1ccc(C(F)(F)F)cc1)c1ccc2cc(C(=O)N[C@H](C(=O)NC3CC3)c3ccccn3)ccc2n1. The minimum atomic E-state index is -4.48. The number of carbonyl (C=O) groups is 3. The number of fused-ring (bicyclic) bond motifs is 1. The van der Waals surface area contributed by atoms with Gasteiger partial charge in [0, 0.05) is 42.0 Å². The van der Waals surface area contributed by atoms with Crippen molar-refractivity contribution in [1.29, 1.82) is 0 Å². The van der Waals surface area contributed by atoms with Gasteiger partial charge >= 0.3 is 6.18 Å². The fraction of sp³-hybridized carbons (Fsp3) is 0.176. The second kappa shape index (κ2) is 12.4.